The number of allylic oxidation sites excluding steroid dienone is 2. The van der Waals surface area contributed by atoms with E-state index in [1.54, 1.807) is 28.8 Å². The van der Waals surface area contributed by atoms with Crippen molar-refractivity contribution in [1.82, 2.24) is 14.2 Å². The second-order valence-electron chi connectivity index (χ2n) is 6.34. The third-order valence-corrected chi connectivity index (χ3v) is 4.53. The van der Waals surface area contributed by atoms with Gasteiger partial charge in [-0.05, 0) is 42.8 Å². The largest absolute Gasteiger partial charge is 0.320 e. The molecular weight excluding hydrogens is 341 g/mol. The number of nitrogens with zero attached hydrogens (tertiary/aromatic N) is 3. The van der Waals surface area contributed by atoms with Crippen LogP contribution < -0.4 is 0 Å². The average molecular weight is 359 g/mol. The lowest BCUT2D eigenvalue weighted by molar-refractivity contribution is 0.104. The van der Waals surface area contributed by atoms with Gasteiger partial charge in [-0.2, -0.15) is 5.10 Å². The number of aryl methyl sites for hydroxylation is 1. The Morgan fingerprint density at radius 2 is 1.96 bits per heavy atom. The number of rotatable bonds is 5. The normalized spacial score (nSPS) is 11.6. The predicted molar refractivity (Wildman–Crippen MR) is 105 cm³/mol. The van der Waals surface area contributed by atoms with Gasteiger partial charge >= 0.3 is 0 Å². The number of hydrogen-bond acceptors (Lipinski definition) is 2. The lowest BCUT2D eigenvalue weighted by Gasteiger charge is -2.03. The van der Waals surface area contributed by atoms with Crippen LogP contribution in [0.3, 0.4) is 0 Å². The lowest BCUT2D eigenvalue weighted by Crippen LogP contribution is -2.02. The van der Waals surface area contributed by atoms with Crippen molar-refractivity contribution in [2.24, 2.45) is 0 Å². The molecule has 27 heavy (non-hydrogen) atoms. The average Bonchev–Trinajstić information content (AvgIpc) is 3.14. The van der Waals surface area contributed by atoms with Crippen LogP contribution in [0.2, 0.25) is 0 Å². The van der Waals surface area contributed by atoms with E-state index < -0.39 is 0 Å². The monoisotopic (exact) mass is 359 g/mol. The third-order valence-electron chi connectivity index (χ3n) is 4.53. The second-order valence-corrected chi connectivity index (χ2v) is 6.34. The quantitative estimate of drug-likeness (QED) is 0.291. The molecule has 2 aromatic carbocycles. The molecule has 4 nitrogen and oxygen atoms in total. The number of halogens is 1. The van der Waals surface area contributed by atoms with Gasteiger partial charge in [-0.15, -0.1) is 6.58 Å². The molecule has 0 N–H and O–H groups in total. The number of aromatic nitrogens is 3. The fourth-order valence-corrected chi connectivity index (χ4v) is 3.39. The summed E-state index contributed by atoms with van der Waals surface area (Å²) in [7, 11) is 0. The number of fused-ring (bicyclic) bond motifs is 3. The first-order valence-corrected chi connectivity index (χ1v) is 8.65. The van der Waals surface area contributed by atoms with Crippen molar-refractivity contribution >= 4 is 28.5 Å². The first-order valence-electron chi connectivity index (χ1n) is 8.65. The zero-order valence-electron chi connectivity index (χ0n) is 14.9. The maximum atomic E-state index is 13.3. The van der Waals surface area contributed by atoms with Crippen LogP contribution in [0, 0.1) is 12.7 Å². The van der Waals surface area contributed by atoms with Gasteiger partial charge in [0.2, 0.25) is 0 Å². The standard InChI is InChI=1S/C22H18FN3O/c1-3-13-25-18-9-4-5-10-19(18)26-22(25)21(15(2)24-26)20(27)12-11-16-7-6-8-17(23)14-16/h3-12,14H,1,13H2,2H3/b12-11+. The molecule has 134 valence electrons. The van der Waals surface area contributed by atoms with Gasteiger partial charge in [-0.3, -0.25) is 4.79 Å². The number of carbonyl (C=O) groups is 1. The molecule has 2 heterocycles. The van der Waals surface area contributed by atoms with E-state index in [1.807, 2.05) is 35.8 Å². The highest BCUT2D eigenvalue weighted by Gasteiger charge is 2.21. The summed E-state index contributed by atoms with van der Waals surface area (Å²) < 4.78 is 17.2. The van der Waals surface area contributed by atoms with Crippen LogP contribution in [0.25, 0.3) is 22.8 Å². The summed E-state index contributed by atoms with van der Waals surface area (Å²) in [5.74, 6) is -0.500. The Morgan fingerprint density at radius 1 is 1.19 bits per heavy atom. The van der Waals surface area contributed by atoms with Crippen molar-refractivity contribution in [3.05, 3.63) is 89.9 Å². The SMILES string of the molecule is C=CCn1c2ccccc2n2nc(C)c(C(=O)/C=C/c3cccc(F)c3)c12. The molecule has 4 aromatic rings. The van der Waals surface area contributed by atoms with Crippen LogP contribution in [0.1, 0.15) is 21.6 Å². The van der Waals surface area contributed by atoms with E-state index in [2.05, 4.69) is 11.7 Å². The molecule has 0 saturated carbocycles. The molecule has 0 radical (unpaired) electrons. The van der Waals surface area contributed by atoms with Crippen LogP contribution in [-0.2, 0) is 6.54 Å². The third kappa shape index (κ3) is 2.87. The maximum absolute atomic E-state index is 13.3. The number of carbonyl (C=O) groups excluding carboxylic acids is 1. The lowest BCUT2D eigenvalue weighted by atomic mass is 10.1. The van der Waals surface area contributed by atoms with Gasteiger partial charge in [0.15, 0.2) is 5.78 Å². The number of para-hydroxylation sites is 2. The first kappa shape index (κ1) is 17.0. The highest BCUT2D eigenvalue weighted by Crippen LogP contribution is 2.26. The second kappa shape index (κ2) is 6.68. The molecule has 0 bridgehead atoms. The Balaban J connectivity index is 1.87. The molecule has 0 saturated heterocycles. The molecule has 0 fully saturated rings. The molecule has 0 aliphatic heterocycles. The van der Waals surface area contributed by atoms with Crippen LogP contribution in [0.4, 0.5) is 4.39 Å². The number of benzene rings is 2. The molecule has 4 rings (SSSR count). The number of hydrogen-bond donors (Lipinski definition) is 0. The van der Waals surface area contributed by atoms with Gasteiger partial charge in [0, 0.05) is 6.54 Å². The minimum absolute atomic E-state index is 0.167. The summed E-state index contributed by atoms with van der Waals surface area (Å²) in [5, 5.41) is 4.58. The van der Waals surface area contributed by atoms with Crippen LogP contribution in [-0.4, -0.2) is 20.0 Å². The Morgan fingerprint density at radius 3 is 2.70 bits per heavy atom. The molecule has 0 aliphatic carbocycles. The molecule has 0 atom stereocenters. The van der Waals surface area contributed by atoms with Crippen molar-refractivity contribution in [3.8, 4) is 0 Å². The van der Waals surface area contributed by atoms with E-state index in [1.165, 1.54) is 18.2 Å². The smallest absolute Gasteiger partial charge is 0.191 e. The topological polar surface area (TPSA) is 39.3 Å². The summed E-state index contributed by atoms with van der Waals surface area (Å²) in [6.07, 6.45) is 4.88. The minimum Gasteiger partial charge on any atom is -0.320 e. The zero-order chi connectivity index (χ0) is 19.0. The Hall–Kier alpha value is -3.47. The van der Waals surface area contributed by atoms with Crippen molar-refractivity contribution < 1.29 is 9.18 Å². The summed E-state index contributed by atoms with van der Waals surface area (Å²) >= 11 is 0. The van der Waals surface area contributed by atoms with E-state index in [4.69, 9.17) is 0 Å². The number of ketones is 1. The Bertz CT molecular complexity index is 1210. The van der Waals surface area contributed by atoms with Crippen LogP contribution in [0.5, 0.6) is 0 Å². The van der Waals surface area contributed by atoms with Crippen LogP contribution >= 0.6 is 0 Å². The molecule has 0 aliphatic rings. The summed E-state index contributed by atoms with van der Waals surface area (Å²) in [6, 6.07) is 14.0. The van der Waals surface area contributed by atoms with Gasteiger partial charge in [-0.1, -0.05) is 36.4 Å². The van der Waals surface area contributed by atoms with Gasteiger partial charge in [0.25, 0.3) is 0 Å². The summed E-state index contributed by atoms with van der Waals surface area (Å²) in [5.41, 5.74) is 4.50. The van der Waals surface area contributed by atoms with Gasteiger partial charge in [0.1, 0.15) is 11.5 Å². The fourth-order valence-electron chi connectivity index (χ4n) is 3.39. The fraction of sp³-hybridized carbons (Fsp3) is 0.0909. The van der Waals surface area contributed by atoms with E-state index in [9.17, 15) is 9.18 Å². The van der Waals surface area contributed by atoms with Crippen molar-refractivity contribution in [2.75, 3.05) is 0 Å². The van der Waals surface area contributed by atoms with E-state index in [0.29, 0.717) is 23.4 Å². The van der Waals surface area contributed by atoms with Crippen LogP contribution in [0.15, 0.2) is 67.3 Å². The van der Waals surface area contributed by atoms with E-state index >= 15 is 0 Å². The van der Waals surface area contributed by atoms with Gasteiger partial charge < -0.3 is 4.57 Å². The number of imidazole rings is 1. The molecule has 5 heteroatoms. The van der Waals surface area contributed by atoms with Crippen molar-refractivity contribution in [1.29, 1.82) is 0 Å². The maximum Gasteiger partial charge on any atom is 0.191 e. The summed E-state index contributed by atoms with van der Waals surface area (Å²) in [4.78, 5) is 13.0. The highest BCUT2D eigenvalue weighted by atomic mass is 19.1. The molecular formula is C22H18FN3O. The van der Waals surface area contributed by atoms with Crippen molar-refractivity contribution in [2.45, 2.75) is 13.5 Å². The zero-order valence-corrected chi connectivity index (χ0v) is 14.9. The highest BCUT2D eigenvalue weighted by molar-refractivity contribution is 6.12. The van der Waals surface area contributed by atoms with E-state index in [-0.39, 0.29) is 11.6 Å². The van der Waals surface area contributed by atoms with Gasteiger partial charge in [-0.25, -0.2) is 8.91 Å². The Labute approximate surface area is 155 Å². The minimum atomic E-state index is -0.334. The van der Waals surface area contributed by atoms with E-state index in [0.717, 1.165) is 16.7 Å². The summed E-state index contributed by atoms with van der Waals surface area (Å²) in [6.45, 7) is 6.22. The molecule has 0 spiro atoms. The Kier molecular flexibility index (Phi) is 4.20. The van der Waals surface area contributed by atoms with Crippen molar-refractivity contribution in [3.63, 3.8) is 0 Å². The first-order chi connectivity index (χ1) is 13.1. The molecule has 0 unspecified atom stereocenters. The molecule has 2 aromatic heterocycles. The predicted octanol–water partition coefficient (Wildman–Crippen LogP) is 4.82. The van der Waals surface area contributed by atoms with Gasteiger partial charge in [0.05, 0.1) is 22.3 Å². The molecule has 0 amide bonds.